The maximum absolute atomic E-state index is 10.4. The van der Waals surface area contributed by atoms with Crippen LogP contribution in [0.5, 0.6) is 5.75 Å². The van der Waals surface area contributed by atoms with Crippen LogP contribution in [-0.2, 0) is 12.8 Å². The molecule has 0 radical (unpaired) electrons. The summed E-state index contributed by atoms with van der Waals surface area (Å²) in [4.78, 5) is 0. The van der Waals surface area contributed by atoms with Crippen LogP contribution in [0.1, 0.15) is 24.5 Å². The lowest BCUT2D eigenvalue weighted by Gasteiger charge is -2.24. The van der Waals surface area contributed by atoms with Crippen LogP contribution in [0.2, 0.25) is 0 Å². The van der Waals surface area contributed by atoms with Crippen LogP contribution in [0.25, 0.3) is 0 Å². The van der Waals surface area contributed by atoms with Crippen LogP contribution >= 0.6 is 15.9 Å². The molecule has 0 bridgehead atoms. The van der Waals surface area contributed by atoms with E-state index in [-0.39, 0.29) is 0 Å². The number of ether oxygens (including phenoxy) is 1. The van der Waals surface area contributed by atoms with Crippen molar-refractivity contribution in [3.63, 3.8) is 0 Å². The number of benzene rings is 1. The summed E-state index contributed by atoms with van der Waals surface area (Å²) >= 11 is 3.53. The van der Waals surface area contributed by atoms with E-state index in [1.54, 1.807) is 0 Å². The summed E-state index contributed by atoms with van der Waals surface area (Å²) in [7, 11) is 1.90. The van der Waals surface area contributed by atoms with Gasteiger partial charge in [-0.25, -0.2) is 0 Å². The summed E-state index contributed by atoms with van der Waals surface area (Å²) < 4.78 is 6.75. The van der Waals surface area contributed by atoms with Crippen LogP contribution < -0.4 is 10.1 Å². The number of aliphatic hydroxyl groups is 1. The number of nitrogens with one attached hydrogen (secondary N) is 1. The molecule has 1 aromatic rings. The Morgan fingerprint density at radius 2 is 2.28 bits per heavy atom. The van der Waals surface area contributed by atoms with Gasteiger partial charge in [-0.05, 0) is 50.2 Å². The van der Waals surface area contributed by atoms with E-state index in [4.69, 9.17) is 4.74 Å². The van der Waals surface area contributed by atoms with Crippen molar-refractivity contribution in [1.82, 2.24) is 5.32 Å². The largest absolute Gasteiger partial charge is 0.493 e. The van der Waals surface area contributed by atoms with Gasteiger partial charge in [0.25, 0.3) is 0 Å². The molecule has 0 aliphatic carbocycles. The Balaban J connectivity index is 2.19. The molecule has 1 atom stereocenters. The van der Waals surface area contributed by atoms with E-state index in [9.17, 15) is 5.11 Å². The van der Waals surface area contributed by atoms with Crippen LogP contribution in [0.15, 0.2) is 16.6 Å². The number of fused-ring (bicyclic) bond motifs is 1. The van der Waals surface area contributed by atoms with Gasteiger partial charge in [0, 0.05) is 17.3 Å². The summed E-state index contributed by atoms with van der Waals surface area (Å²) in [5.41, 5.74) is 1.63. The van der Waals surface area contributed by atoms with Crippen LogP contribution in [0.4, 0.5) is 0 Å². The van der Waals surface area contributed by atoms with Crippen LogP contribution in [0.3, 0.4) is 0 Å². The van der Waals surface area contributed by atoms with E-state index in [1.807, 2.05) is 14.0 Å². The zero-order valence-corrected chi connectivity index (χ0v) is 12.5. The Morgan fingerprint density at radius 1 is 1.50 bits per heavy atom. The quantitative estimate of drug-likeness (QED) is 0.876. The van der Waals surface area contributed by atoms with Gasteiger partial charge in [-0.15, -0.1) is 0 Å². The second-order valence-electron chi connectivity index (χ2n) is 5.18. The maximum atomic E-state index is 10.4. The normalized spacial score (nSPS) is 17.1. The zero-order chi connectivity index (χ0) is 13.2. The average Bonchev–Trinajstić information content (AvgIpc) is 2.74. The minimum atomic E-state index is -0.705. The second kappa shape index (κ2) is 5.59. The fraction of sp³-hybridized carbons (Fsp3) is 0.571. The summed E-state index contributed by atoms with van der Waals surface area (Å²) in [5.74, 6) is 0.975. The standard InChI is InChI=1S/C14H20BrNO2/c1-14(17,4-5-16-2)9-11-8-12(15)7-10-3-6-18-13(10)11/h7-8,16-17H,3-6,9H2,1-2H3. The van der Waals surface area contributed by atoms with Gasteiger partial charge in [0.15, 0.2) is 0 Å². The van der Waals surface area contributed by atoms with Crippen molar-refractivity contribution in [2.45, 2.75) is 31.8 Å². The third-order valence-corrected chi connectivity index (χ3v) is 3.77. The summed E-state index contributed by atoms with van der Waals surface area (Å²) in [6, 6.07) is 4.16. The molecule has 2 N–H and O–H groups in total. The van der Waals surface area contributed by atoms with E-state index in [2.05, 4.69) is 33.4 Å². The molecule has 0 saturated heterocycles. The predicted molar refractivity (Wildman–Crippen MR) is 76.2 cm³/mol. The van der Waals surface area contributed by atoms with Crippen molar-refractivity contribution in [2.75, 3.05) is 20.2 Å². The molecule has 1 aliphatic rings. The van der Waals surface area contributed by atoms with Crippen molar-refractivity contribution < 1.29 is 9.84 Å². The third-order valence-electron chi connectivity index (χ3n) is 3.31. The van der Waals surface area contributed by atoms with Gasteiger partial charge in [0.05, 0.1) is 12.2 Å². The smallest absolute Gasteiger partial charge is 0.125 e. The summed E-state index contributed by atoms with van der Waals surface area (Å²) in [6.07, 6.45) is 2.31. The SMILES string of the molecule is CNCCC(C)(O)Cc1cc(Br)cc2c1OCC2. The van der Waals surface area contributed by atoms with Crippen molar-refractivity contribution >= 4 is 15.9 Å². The van der Waals surface area contributed by atoms with Gasteiger partial charge < -0.3 is 15.2 Å². The Labute approximate surface area is 117 Å². The monoisotopic (exact) mass is 313 g/mol. The van der Waals surface area contributed by atoms with Crippen molar-refractivity contribution in [3.05, 3.63) is 27.7 Å². The molecule has 0 amide bonds. The van der Waals surface area contributed by atoms with Crippen LogP contribution in [-0.4, -0.2) is 30.9 Å². The van der Waals surface area contributed by atoms with Crippen molar-refractivity contribution in [3.8, 4) is 5.75 Å². The molecule has 0 fully saturated rings. The Morgan fingerprint density at radius 3 is 3.00 bits per heavy atom. The molecule has 4 heteroatoms. The molecule has 3 nitrogen and oxygen atoms in total. The lowest BCUT2D eigenvalue weighted by molar-refractivity contribution is 0.0514. The predicted octanol–water partition coefficient (Wildman–Crippen LogP) is 2.29. The Bertz CT molecular complexity index is 432. The number of hydrogen-bond acceptors (Lipinski definition) is 3. The molecular weight excluding hydrogens is 294 g/mol. The minimum Gasteiger partial charge on any atom is -0.493 e. The molecule has 100 valence electrons. The first-order chi connectivity index (χ1) is 8.52. The van der Waals surface area contributed by atoms with Gasteiger partial charge in [0.2, 0.25) is 0 Å². The van der Waals surface area contributed by atoms with E-state index in [0.29, 0.717) is 6.42 Å². The number of hydrogen-bond donors (Lipinski definition) is 2. The Hall–Kier alpha value is -0.580. The molecule has 0 saturated carbocycles. The molecule has 18 heavy (non-hydrogen) atoms. The van der Waals surface area contributed by atoms with Crippen molar-refractivity contribution in [2.24, 2.45) is 0 Å². The number of halogens is 1. The fourth-order valence-corrected chi connectivity index (χ4v) is 2.92. The highest BCUT2D eigenvalue weighted by Crippen LogP contribution is 2.35. The molecule has 0 aromatic heterocycles. The topological polar surface area (TPSA) is 41.5 Å². The number of rotatable bonds is 5. The molecule has 0 spiro atoms. The molecule has 1 unspecified atom stereocenters. The van der Waals surface area contributed by atoms with Gasteiger partial charge in [-0.1, -0.05) is 15.9 Å². The maximum Gasteiger partial charge on any atom is 0.125 e. The fourth-order valence-electron chi connectivity index (χ4n) is 2.37. The molecular formula is C14H20BrNO2. The second-order valence-corrected chi connectivity index (χ2v) is 6.09. The Kier molecular flexibility index (Phi) is 4.30. The van der Waals surface area contributed by atoms with Gasteiger partial charge in [0.1, 0.15) is 5.75 Å². The molecule has 1 heterocycles. The average molecular weight is 314 g/mol. The van der Waals surface area contributed by atoms with Gasteiger partial charge in [-0.2, -0.15) is 0 Å². The summed E-state index contributed by atoms with van der Waals surface area (Å²) in [6.45, 7) is 3.44. The zero-order valence-electron chi connectivity index (χ0n) is 10.9. The highest BCUT2D eigenvalue weighted by molar-refractivity contribution is 9.10. The van der Waals surface area contributed by atoms with Gasteiger partial charge >= 0.3 is 0 Å². The molecule has 1 aliphatic heterocycles. The first-order valence-electron chi connectivity index (χ1n) is 6.33. The van der Waals surface area contributed by atoms with E-state index in [1.165, 1.54) is 5.56 Å². The van der Waals surface area contributed by atoms with E-state index < -0.39 is 5.60 Å². The van der Waals surface area contributed by atoms with Crippen LogP contribution in [0, 0.1) is 0 Å². The van der Waals surface area contributed by atoms with E-state index in [0.717, 1.165) is 41.8 Å². The highest BCUT2D eigenvalue weighted by atomic mass is 79.9. The van der Waals surface area contributed by atoms with E-state index >= 15 is 0 Å². The first kappa shape index (κ1) is 13.8. The first-order valence-corrected chi connectivity index (χ1v) is 7.12. The lowest BCUT2D eigenvalue weighted by atomic mass is 9.92. The summed E-state index contributed by atoms with van der Waals surface area (Å²) in [5, 5.41) is 13.5. The molecule has 1 aromatic carbocycles. The third kappa shape index (κ3) is 3.25. The van der Waals surface area contributed by atoms with Gasteiger partial charge in [-0.3, -0.25) is 0 Å². The van der Waals surface area contributed by atoms with Crippen molar-refractivity contribution in [1.29, 1.82) is 0 Å². The highest BCUT2D eigenvalue weighted by Gasteiger charge is 2.25. The molecule has 2 rings (SSSR count). The lowest BCUT2D eigenvalue weighted by Crippen LogP contribution is -2.31. The minimum absolute atomic E-state index is 0.621.